The van der Waals surface area contributed by atoms with E-state index in [0.29, 0.717) is 6.29 Å². The fourth-order valence-corrected chi connectivity index (χ4v) is 1.59. The molecule has 0 radical (unpaired) electrons. The zero-order valence-corrected chi connectivity index (χ0v) is 9.46. The van der Waals surface area contributed by atoms with Gasteiger partial charge in [-0.1, -0.05) is 17.7 Å². The lowest BCUT2D eigenvalue weighted by atomic mass is 10.0. The Balaban J connectivity index is 2.97. The Morgan fingerprint density at radius 2 is 2.06 bits per heavy atom. The van der Waals surface area contributed by atoms with Gasteiger partial charge in [-0.3, -0.25) is 9.59 Å². The first-order valence-electron chi connectivity index (χ1n) is 4.78. The Morgan fingerprint density at radius 3 is 2.59 bits per heavy atom. The molecule has 1 aromatic rings. The van der Waals surface area contributed by atoms with Crippen molar-refractivity contribution in [2.45, 2.75) is 18.6 Å². The van der Waals surface area contributed by atoms with Crippen molar-refractivity contribution in [3.05, 3.63) is 34.3 Å². The van der Waals surface area contributed by atoms with E-state index >= 15 is 0 Å². The molecule has 0 aliphatic heterocycles. The van der Waals surface area contributed by atoms with Crippen molar-refractivity contribution in [1.29, 1.82) is 0 Å². The van der Waals surface area contributed by atoms with E-state index in [1.807, 2.05) is 0 Å². The summed E-state index contributed by atoms with van der Waals surface area (Å²) in [7, 11) is 0. The van der Waals surface area contributed by atoms with E-state index in [2.05, 4.69) is 0 Å². The second-order valence-electron chi connectivity index (χ2n) is 3.51. The van der Waals surface area contributed by atoms with Crippen LogP contribution < -0.4 is 0 Å². The third-order valence-corrected chi connectivity index (χ3v) is 2.57. The Kier molecular flexibility index (Phi) is 4.62. The third-order valence-electron chi connectivity index (χ3n) is 2.22. The highest BCUT2D eigenvalue weighted by Gasteiger charge is 2.23. The molecule has 0 saturated carbocycles. The normalized spacial score (nSPS) is 14.1. The van der Waals surface area contributed by atoms with Gasteiger partial charge in [0.15, 0.2) is 0 Å². The predicted octanol–water partition coefficient (Wildman–Crippen LogP) is 1.02. The van der Waals surface area contributed by atoms with Crippen LogP contribution in [0.1, 0.15) is 28.4 Å². The lowest BCUT2D eigenvalue weighted by Gasteiger charge is -2.17. The van der Waals surface area contributed by atoms with E-state index < -0.39 is 24.6 Å². The number of aldehydes is 1. The van der Waals surface area contributed by atoms with Gasteiger partial charge in [-0.25, -0.2) is 0 Å². The van der Waals surface area contributed by atoms with Gasteiger partial charge in [0.05, 0.1) is 12.5 Å². The summed E-state index contributed by atoms with van der Waals surface area (Å²) in [6.07, 6.45) is -2.97. The van der Waals surface area contributed by atoms with E-state index in [0.717, 1.165) is 0 Å². The van der Waals surface area contributed by atoms with Gasteiger partial charge in [-0.2, -0.15) is 0 Å². The number of aliphatic hydroxyl groups excluding tert-OH is 2. The quantitative estimate of drug-likeness (QED) is 0.686. The molecule has 3 N–H and O–H groups in total. The van der Waals surface area contributed by atoms with Crippen molar-refractivity contribution in [2.75, 3.05) is 0 Å². The number of aliphatic hydroxyl groups is 2. The molecule has 5 nitrogen and oxygen atoms in total. The van der Waals surface area contributed by atoms with Crippen molar-refractivity contribution >= 4 is 23.9 Å². The van der Waals surface area contributed by atoms with Crippen molar-refractivity contribution in [3.8, 4) is 0 Å². The van der Waals surface area contributed by atoms with Crippen molar-refractivity contribution in [3.63, 3.8) is 0 Å². The first-order chi connectivity index (χ1) is 7.95. The largest absolute Gasteiger partial charge is 0.481 e. The van der Waals surface area contributed by atoms with Crippen LogP contribution in [-0.4, -0.2) is 33.7 Å². The predicted molar refractivity (Wildman–Crippen MR) is 60.1 cm³/mol. The maximum absolute atomic E-state index is 10.6. The molecule has 2 unspecified atom stereocenters. The van der Waals surface area contributed by atoms with Crippen LogP contribution in [0.2, 0.25) is 5.02 Å². The number of hydrogen-bond donors (Lipinski definition) is 3. The summed E-state index contributed by atoms with van der Waals surface area (Å²) in [4.78, 5) is 21.0. The van der Waals surface area contributed by atoms with E-state index in [1.54, 1.807) is 0 Å². The third kappa shape index (κ3) is 3.52. The zero-order valence-electron chi connectivity index (χ0n) is 8.71. The summed E-state index contributed by atoms with van der Waals surface area (Å²) in [6, 6.07) is 4.16. The van der Waals surface area contributed by atoms with Gasteiger partial charge >= 0.3 is 5.97 Å². The van der Waals surface area contributed by atoms with Gasteiger partial charge in [-0.05, 0) is 12.1 Å². The molecular weight excluding hydrogens is 248 g/mol. The van der Waals surface area contributed by atoms with Crippen LogP contribution in [0.4, 0.5) is 0 Å². The van der Waals surface area contributed by atoms with Gasteiger partial charge < -0.3 is 15.3 Å². The molecular formula is C11H11ClO5. The van der Waals surface area contributed by atoms with Crippen LogP contribution in [0.25, 0.3) is 0 Å². The van der Waals surface area contributed by atoms with Crippen molar-refractivity contribution in [1.82, 2.24) is 0 Å². The molecule has 0 spiro atoms. The summed E-state index contributed by atoms with van der Waals surface area (Å²) in [6.45, 7) is 0. The number of halogens is 1. The van der Waals surface area contributed by atoms with E-state index in [1.165, 1.54) is 18.2 Å². The molecule has 92 valence electrons. The minimum absolute atomic E-state index is 0.130. The molecule has 0 fully saturated rings. The summed E-state index contributed by atoms with van der Waals surface area (Å²) in [5, 5.41) is 27.8. The molecule has 0 heterocycles. The lowest BCUT2D eigenvalue weighted by molar-refractivity contribution is -0.141. The van der Waals surface area contributed by atoms with Gasteiger partial charge in [-0.15, -0.1) is 0 Å². The number of aliphatic carboxylic acids is 1. The maximum Gasteiger partial charge on any atom is 0.306 e. The SMILES string of the molecule is O=Cc1ccc(Cl)c(C(O)C(O)CC(=O)O)c1. The van der Waals surface area contributed by atoms with Crippen LogP contribution in [0.3, 0.4) is 0 Å². The van der Waals surface area contributed by atoms with Gasteiger partial charge in [0.1, 0.15) is 12.4 Å². The molecule has 1 aromatic carbocycles. The van der Waals surface area contributed by atoms with Crippen LogP contribution in [0.5, 0.6) is 0 Å². The zero-order chi connectivity index (χ0) is 13.0. The first-order valence-corrected chi connectivity index (χ1v) is 5.16. The standard InChI is InChI=1S/C11H11ClO5/c12-8-2-1-6(5-13)3-7(8)11(17)9(14)4-10(15)16/h1-3,5,9,11,14,17H,4H2,(H,15,16). The summed E-state index contributed by atoms with van der Waals surface area (Å²) < 4.78 is 0. The van der Waals surface area contributed by atoms with Crippen LogP contribution >= 0.6 is 11.6 Å². The average Bonchev–Trinajstić information content (AvgIpc) is 2.28. The molecule has 17 heavy (non-hydrogen) atoms. The van der Waals surface area contributed by atoms with E-state index in [4.69, 9.17) is 16.7 Å². The van der Waals surface area contributed by atoms with Gasteiger partial charge in [0.2, 0.25) is 0 Å². The number of benzene rings is 1. The molecule has 1 rings (SSSR count). The molecule has 0 saturated heterocycles. The molecule has 0 bridgehead atoms. The first kappa shape index (κ1) is 13.6. The number of carbonyl (C=O) groups excluding carboxylic acids is 1. The van der Waals surface area contributed by atoms with Crippen LogP contribution in [0, 0.1) is 0 Å². The highest BCUT2D eigenvalue weighted by Crippen LogP contribution is 2.27. The van der Waals surface area contributed by atoms with E-state index in [-0.39, 0.29) is 16.1 Å². The number of rotatable bonds is 5. The highest BCUT2D eigenvalue weighted by atomic mass is 35.5. The van der Waals surface area contributed by atoms with Gasteiger partial charge in [0.25, 0.3) is 0 Å². The number of carboxylic acids is 1. The molecule has 6 heteroatoms. The smallest absolute Gasteiger partial charge is 0.306 e. The number of carboxylic acid groups (broad SMARTS) is 1. The Bertz CT molecular complexity index is 432. The van der Waals surface area contributed by atoms with Crippen molar-refractivity contribution < 1.29 is 24.9 Å². The minimum Gasteiger partial charge on any atom is -0.481 e. The van der Waals surface area contributed by atoms with Crippen LogP contribution in [-0.2, 0) is 4.79 Å². The Morgan fingerprint density at radius 1 is 1.41 bits per heavy atom. The monoisotopic (exact) mass is 258 g/mol. The van der Waals surface area contributed by atoms with Crippen LogP contribution in [0.15, 0.2) is 18.2 Å². The Labute approximate surface area is 102 Å². The van der Waals surface area contributed by atoms with E-state index in [9.17, 15) is 19.8 Å². The fourth-order valence-electron chi connectivity index (χ4n) is 1.36. The molecule has 2 atom stereocenters. The summed E-state index contributed by atoms with van der Waals surface area (Å²) in [5.74, 6) is -1.24. The van der Waals surface area contributed by atoms with Crippen molar-refractivity contribution in [2.24, 2.45) is 0 Å². The molecule has 0 aliphatic carbocycles. The number of hydrogen-bond acceptors (Lipinski definition) is 4. The molecule has 0 amide bonds. The second-order valence-corrected chi connectivity index (χ2v) is 3.92. The molecule has 0 aliphatic rings. The second kappa shape index (κ2) is 5.77. The average molecular weight is 259 g/mol. The minimum atomic E-state index is -1.48. The molecule has 0 aromatic heterocycles. The number of carbonyl (C=O) groups is 2. The Hall–Kier alpha value is -1.43. The fraction of sp³-hybridized carbons (Fsp3) is 0.273. The maximum atomic E-state index is 10.6. The summed E-state index contributed by atoms with van der Waals surface area (Å²) >= 11 is 5.79. The van der Waals surface area contributed by atoms with Gasteiger partial charge in [0, 0.05) is 16.1 Å². The summed E-state index contributed by atoms with van der Waals surface area (Å²) in [5.41, 5.74) is 0.413. The lowest BCUT2D eigenvalue weighted by Crippen LogP contribution is -2.22. The topological polar surface area (TPSA) is 94.8 Å². The highest BCUT2D eigenvalue weighted by molar-refractivity contribution is 6.31.